The van der Waals surface area contributed by atoms with Crippen molar-refractivity contribution in [1.82, 2.24) is 9.80 Å². The van der Waals surface area contributed by atoms with Gasteiger partial charge in [0.15, 0.2) is 0 Å². The van der Waals surface area contributed by atoms with Crippen LogP contribution in [0.1, 0.15) is 48.5 Å². The second-order valence-corrected chi connectivity index (χ2v) is 13.3. The van der Waals surface area contributed by atoms with Crippen LogP contribution in [0.2, 0.25) is 0 Å². The Bertz CT molecular complexity index is 701. The van der Waals surface area contributed by atoms with Crippen LogP contribution in [-0.4, -0.2) is 93.3 Å². The molecule has 0 rings (SSSR count). The fourth-order valence-corrected chi connectivity index (χ4v) is 1.45. The molecule has 0 fully saturated rings. The quantitative estimate of drug-likeness (QED) is 0.277. The maximum atomic E-state index is 11.2. The molecule has 2 amide bonds. The second kappa shape index (κ2) is 16.9. The number of halogens is 2. The molecule has 0 atom stereocenters. The van der Waals surface area contributed by atoms with E-state index in [1.165, 1.54) is 86.5 Å². The lowest BCUT2D eigenvalue weighted by atomic mass is 9.89. The summed E-state index contributed by atoms with van der Waals surface area (Å²) in [5.41, 5.74) is -3.85. The van der Waals surface area contributed by atoms with E-state index in [1.54, 1.807) is 0 Å². The number of hydrogen-bond acceptors (Lipinski definition) is 6. The van der Waals surface area contributed by atoms with Crippen molar-refractivity contribution in [1.29, 1.82) is 0 Å². The molecular formula is C21H38I2N2O9. The van der Waals surface area contributed by atoms with Crippen LogP contribution in [0.15, 0.2) is 0 Å². The van der Waals surface area contributed by atoms with E-state index in [4.69, 9.17) is 15.3 Å². The lowest BCUT2D eigenvalue weighted by Crippen LogP contribution is -2.41. The smallest absolute Gasteiger partial charge is 0.318 e. The molecule has 0 saturated carbocycles. The molecule has 0 saturated heterocycles. The number of carbonyl (C=O) groups excluding carboxylic acids is 3. The summed E-state index contributed by atoms with van der Waals surface area (Å²) in [7, 11) is 6.14. The van der Waals surface area contributed by atoms with Crippen molar-refractivity contribution in [2.24, 2.45) is 16.2 Å². The standard InChI is InChI=1S/2C7H13NO3.C6H10O3.CH2I2/c2*1-7(2,6(10)11)5(9)8(3)4;1-4(7)6(2,3)5(8)9;1-3-2/h2*1-4H3,(H,10,11);1-3H3,(H,8,9);1H2. The minimum Gasteiger partial charge on any atom is -0.481 e. The number of ketones is 1. The Morgan fingerprint density at radius 1 is 0.647 bits per heavy atom. The van der Waals surface area contributed by atoms with Crippen LogP contribution in [0.25, 0.3) is 0 Å². The predicted octanol–water partition coefficient (Wildman–Crippen LogP) is 2.80. The summed E-state index contributed by atoms with van der Waals surface area (Å²) in [5, 5.41) is 25.6. The lowest BCUT2D eigenvalue weighted by molar-refractivity contribution is -0.158. The number of amides is 2. The zero-order valence-corrected chi connectivity index (χ0v) is 26.0. The first-order valence-electron chi connectivity index (χ1n) is 9.54. The van der Waals surface area contributed by atoms with Gasteiger partial charge in [-0.2, -0.15) is 0 Å². The molecule has 11 nitrogen and oxygen atoms in total. The largest absolute Gasteiger partial charge is 0.481 e. The van der Waals surface area contributed by atoms with Crippen molar-refractivity contribution in [3.05, 3.63) is 0 Å². The molecule has 0 aliphatic rings. The van der Waals surface area contributed by atoms with E-state index in [1.807, 2.05) is 0 Å². The number of nitrogens with zero attached hydrogens (tertiary/aromatic N) is 2. The highest BCUT2D eigenvalue weighted by molar-refractivity contribution is 15.0. The van der Waals surface area contributed by atoms with Gasteiger partial charge in [0.2, 0.25) is 11.8 Å². The Hall–Kier alpha value is -1.65. The molecule has 13 heteroatoms. The van der Waals surface area contributed by atoms with Crippen molar-refractivity contribution in [2.45, 2.75) is 48.5 Å². The number of carboxylic acids is 3. The zero-order chi connectivity index (χ0) is 28.8. The Labute approximate surface area is 221 Å². The Morgan fingerprint density at radius 2 is 0.824 bits per heavy atom. The van der Waals surface area contributed by atoms with Crippen LogP contribution in [0, 0.1) is 16.2 Å². The van der Waals surface area contributed by atoms with Crippen LogP contribution in [-0.2, 0) is 28.8 Å². The summed E-state index contributed by atoms with van der Waals surface area (Å²) in [6.45, 7) is 9.59. The third kappa shape index (κ3) is 14.6. The molecule has 0 aliphatic carbocycles. The topological polar surface area (TPSA) is 170 Å². The van der Waals surface area contributed by atoms with Gasteiger partial charge in [-0.1, -0.05) is 21.3 Å². The Morgan fingerprint density at radius 3 is 0.853 bits per heavy atom. The normalized spacial score (nSPS) is 10.5. The monoisotopic (exact) mass is 716 g/mol. The first-order valence-corrected chi connectivity index (χ1v) is 17.4. The van der Waals surface area contributed by atoms with Crippen LogP contribution in [0.4, 0.5) is 0 Å². The maximum Gasteiger partial charge on any atom is 0.318 e. The van der Waals surface area contributed by atoms with Crippen molar-refractivity contribution < 1.29 is 44.1 Å². The molecule has 0 bridgehead atoms. The highest BCUT2D eigenvalue weighted by atomic mass is 128. The van der Waals surface area contributed by atoms with E-state index >= 15 is 0 Å². The van der Waals surface area contributed by atoms with Gasteiger partial charge < -0.3 is 25.1 Å². The Kier molecular flexibility index (Phi) is 19.7. The highest BCUT2D eigenvalue weighted by Crippen LogP contribution is 2.18. The van der Waals surface area contributed by atoms with Crippen LogP contribution in [0.5, 0.6) is 0 Å². The fraction of sp³-hybridized carbons (Fsp3) is 0.667. The van der Waals surface area contributed by atoms with Crippen LogP contribution >= 0.6 is 35.4 Å². The Balaban J connectivity index is -0.000000188. The number of carbonyl (C=O) groups is 6. The fourth-order valence-electron chi connectivity index (χ4n) is 1.45. The first-order chi connectivity index (χ1) is 14.9. The molecule has 200 valence electrons. The number of carboxylic acid groups (broad SMARTS) is 3. The molecule has 0 heterocycles. The van der Waals surface area contributed by atoms with Gasteiger partial charge in [0.05, 0.1) is 0 Å². The molecule has 34 heavy (non-hydrogen) atoms. The van der Waals surface area contributed by atoms with E-state index in [9.17, 15) is 28.8 Å². The molecule has 0 spiro atoms. The van der Waals surface area contributed by atoms with Gasteiger partial charge >= 0.3 is 17.9 Å². The van der Waals surface area contributed by atoms with Crippen molar-refractivity contribution in [3.63, 3.8) is 0 Å². The summed E-state index contributed by atoms with van der Waals surface area (Å²) in [6, 6.07) is 0. The molecule has 3 N–H and O–H groups in total. The molecule has 0 aromatic rings. The summed E-state index contributed by atoms with van der Waals surface area (Å²) in [5.74, 6) is -4.40. The summed E-state index contributed by atoms with van der Waals surface area (Å²) < 4.78 is 3.58. The molecule has 0 unspecified atom stereocenters. The average molecular weight is 716 g/mol. The number of rotatable bonds is 6. The van der Waals surface area contributed by atoms with Crippen LogP contribution in [0.3, 0.4) is 0 Å². The van der Waals surface area contributed by atoms with Gasteiger partial charge in [0.1, 0.15) is 22.0 Å². The van der Waals surface area contributed by atoms with E-state index in [0.29, 0.717) is 16.8 Å². The maximum absolute atomic E-state index is 11.2. The van der Waals surface area contributed by atoms with E-state index < -0.39 is 46.0 Å². The van der Waals surface area contributed by atoms with Gasteiger partial charge in [-0.15, -0.1) is 0 Å². The van der Waals surface area contributed by atoms with Gasteiger partial charge in [0, 0.05) is 28.2 Å². The highest BCUT2D eigenvalue weighted by Gasteiger charge is 2.37. The summed E-state index contributed by atoms with van der Waals surface area (Å²) in [4.78, 5) is 66.7. The summed E-state index contributed by atoms with van der Waals surface area (Å²) >= 11 is 2.60. The van der Waals surface area contributed by atoms with Gasteiger partial charge in [-0.05, 0) is 67.1 Å². The van der Waals surface area contributed by atoms with Crippen molar-refractivity contribution in [2.75, 3.05) is 28.2 Å². The molecule has 0 radical (unpaired) electrons. The van der Waals surface area contributed by atoms with Crippen molar-refractivity contribution >= 4 is 75.4 Å². The minimum atomic E-state index is -1.32. The molecule has 0 aromatic carbocycles. The lowest BCUT2D eigenvalue weighted by Gasteiger charge is -2.22. The first kappa shape index (κ1) is 39.6. The molecule has 0 aliphatic heterocycles. The predicted molar refractivity (Wildman–Crippen MR) is 147 cm³/mol. The molecule has 0 aromatic heterocycles. The van der Waals surface area contributed by atoms with E-state index in [0.717, 1.165) is 0 Å². The number of hydrogen-bond donors (Lipinski definition) is 3. The van der Waals surface area contributed by atoms with E-state index in [2.05, 4.69) is 23.1 Å². The van der Waals surface area contributed by atoms with Gasteiger partial charge in [0.25, 0.3) is 0 Å². The van der Waals surface area contributed by atoms with E-state index in [-0.39, 0.29) is 5.78 Å². The second-order valence-electron chi connectivity index (χ2n) is 8.85. The molecular weight excluding hydrogens is 678 g/mol. The zero-order valence-electron chi connectivity index (χ0n) is 21.6. The van der Waals surface area contributed by atoms with Gasteiger partial charge in [-0.25, -0.2) is 0 Å². The SMILES string of the molecule is C=II.CC(=O)C(C)(C)C(=O)O.CN(C)C(=O)C(C)(C)C(=O)O.CN(C)C(=O)C(C)(C)C(=O)O. The average Bonchev–Trinajstić information content (AvgIpc) is 2.67. The third-order valence-electron chi connectivity index (χ3n) is 4.37. The van der Waals surface area contributed by atoms with Crippen LogP contribution < -0.4 is 0 Å². The van der Waals surface area contributed by atoms with Crippen molar-refractivity contribution in [3.8, 4) is 0 Å². The third-order valence-corrected chi connectivity index (χ3v) is 4.37. The number of Topliss-reactive ketones (excluding diaryl/α,β-unsaturated/α-hetero) is 1. The summed E-state index contributed by atoms with van der Waals surface area (Å²) in [6.07, 6.45) is 0. The number of aliphatic carboxylic acids is 3. The minimum absolute atomic E-state index is 0.310. The van der Waals surface area contributed by atoms with Gasteiger partial charge in [-0.3, -0.25) is 28.8 Å².